The van der Waals surface area contributed by atoms with E-state index in [1.807, 2.05) is 39.0 Å². The summed E-state index contributed by atoms with van der Waals surface area (Å²) in [5, 5.41) is 3.48. The number of fused-ring (bicyclic) bond motifs is 1. The first-order valence-electron chi connectivity index (χ1n) is 10.4. The van der Waals surface area contributed by atoms with E-state index < -0.39 is 5.60 Å². The minimum Gasteiger partial charge on any atom is -0.493 e. The molecular weight excluding hydrogens is 340 g/mol. The Morgan fingerprint density at radius 3 is 2.89 bits per heavy atom. The highest BCUT2D eigenvalue weighted by Crippen LogP contribution is 2.35. The summed E-state index contributed by atoms with van der Waals surface area (Å²) in [4.78, 5) is 14.3. The van der Waals surface area contributed by atoms with E-state index in [1.54, 1.807) is 4.90 Å². The van der Waals surface area contributed by atoms with Gasteiger partial charge in [-0.15, -0.1) is 0 Å². The lowest BCUT2D eigenvalue weighted by molar-refractivity contribution is 0.0577. The first kappa shape index (κ1) is 20.0. The molecule has 2 aliphatic heterocycles. The molecule has 0 aliphatic carbocycles. The largest absolute Gasteiger partial charge is 0.493 e. The number of carbonyl (C=O) groups excluding carboxylic acids is 1. The Morgan fingerprint density at radius 1 is 1.30 bits per heavy atom. The Hall–Kier alpha value is -1.75. The molecule has 5 heteroatoms. The predicted molar refractivity (Wildman–Crippen MR) is 109 cm³/mol. The van der Waals surface area contributed by atoms with Crippen molar-refractivity contribution < 1.29 is 14.3 Å². The van der Waals surface area contributed by atoms with Gasteiger partial charge in [-0.25, -0.2) is 4.79 Å². The summed E-state index contributed by atoms with van der Waals surface area (Å²) in [6.07, 6.45) is 6.51. The van der Waals surface area contributed by atoms with Crippen LogP contribution in [0.2, 0.25) is 0 Å². The van der Waals surface area contributed by atoms with E-state index in [-0.39, 0.29) is 6.09 Å². The van der Waals surface area contributed by atoms with Gasteiger partial charge < -0.3 is 14.8 Å². The number of piperidine rings is 1. The van der Waals surface area contributed by atoms with Crippen LogP contribution >= 0.6 is 0 Å². The van der Waals surface area contributed by atoms with E-state index in [0.717, 1.165) is 61.9 Å². The molecule has 1 atom stereocenters. The van der Waals surface area contributed by atoms with E-state index in [9.17, 15) is 4.79 Å². The third-order valence-electron chi connectivity index (χ3n) is 5.23. The van der Waals surface area contributed by atoms with Gasteiger partial charge in [-0.3, -0.25) is 4.90 Å². The molecule has 5 nitrogen and oxygen atoms in total. The van der Waals surface area contributed by atoms with Gasteiger partial charge in [-0.1, -0.05) is 6.07 Å². The number of nitrogens with one attached hydrogen (secondary N) is 1. The highest BCUT2D eigenvalue weighted by Gasteiger charge is 2.28. The lowest BCUT2D eigenvalue weighted by Crippen LogP contribution is -2.39. The van der Waals surface area contributed by atoms with Crippen molar-refractivity contribution in [2.75, 3.05) is 31.1 Å². The molecule has 0 saturated carbocycles. The molecule has 0 spiro atoms. The maximum Gasteiger partial charge on any atom is 0.414 e. The number of hydrogen-bond donors (Lipinski definition) is 1. The van der Waals surface area contributed by atoms with Crippen molar-refractivity contribution in [2.24, 2.45) is 5.92 Å². The van der Waals surface area contributed by atoms with Crippen LogP contribution < -0.4 is 15.0 Å². The molecule has 1 N–H and O–H groups in total. The second-order valence-corrected chi connectivity index (χ2v) is 8.69. The van der Waals surface area contributed by atoms with Crippen molar-refractivity contribution in [3.8, 4) is 5.75 Å². The van der Waals surface area contributed by atoms with Gasteiger partial charge in [0.2, 0.25) is 0 Å². The van der Waals surface area contributed by atoms with E-state index in [4.69, 9.17) is 9.47 Å². The van der Waals surface area contributed by atoms with Gasteiger partial charge in [-0.05, 0) is 90.4 Å². The Bertz CT molecular complexity index is 633. The Balaban J connectivity index is 1.59. The lowest BCUT2D eigenvalue weighted by atomic mass is 9.95. The molecule has 150 valence electrons. The number of amides is 1. The summed E-state index contributed by atoms with van der Waals surface area (Å²) in [7, 11) is 0. The fourth-order valence-electron chi connectivity index (χ4n) is 3.96. The minimum absolute atomic E-state index is 0.273. The maximum absolute atomic E-state index is 12.6. The number of hydrogen-bond acceptors (Lipinski definition) is 4. The monoisotopic (exact) mass is 374 g/mol. The highest BCUT2D eigenvalue weighted by molar-refractivity contribution is 5.90. The van der Waals surface area contributed by atoms with Crippen LogP contribution in [0.1, 0.15) is 58.4 Å². The number of anilines is 1. The molecule has 3 rings (SSSR count). The third-order valence-corrected chi connectivity index (χ3v) is 5.23. The smallest absolute Gasteiger partial charge is 0.414 e. The summed E-state index contributed by atoms with van der Waals surface area (Å²) in [5.74, 6) is 1.71. The van der Waals surface area contributed by atoms with Crippen molar-refractivity contribution in [1.29, 1.82) is 0 Å². The van der Waals surface area contributed by atoms with Crippen LogP contribution in [0, 0.1) is 5.92 Å². The number of rotatable bonds is 5. The summed E-state index contributed by atoms with van der Waals surface area (Å²) >= 11 is 0. The lowest BCUT2D eigenvalue weighted by Gasteiger charge is -2.32. The molecule has 0 aromatic heterocycles. The summed E-state index contributed by atoms with van der Waals surface area (Å²) in [5.41, 5.74) is 1.58. The van der Waals surface area contributed by atoms with Crippen LogP contribution in [-0.4, -0.2) is 37.9 Å². The van der Waals surface area contributed by atoms with Crippen LogP contribution in [0.25, 0.3) is 0 Å². The predicted octanol–water partition coefficient (Wildman–Crippen LogP) is 4.53. The van der Waals surface area contributed by atoms with Crippen molar-refractivity contribution in [3.05, 3.63) is 23.8 Å². The first-order valence-corrected chi connectivity index (χ1v) is 10.4. The van der Waals surface area contributed by atoms with E-state index in [1.165, 1.54) is 19.3 Å². The Labute approximate surface area is 163 Å². The molecule has 0 bridgehead atoms. The zero-order valence-electron chi connectivity index (χ0n) is 17.1. The molecule has 1 fully saturated rings. The molecule has 1 aromatic carbocycles. The molecule has 1 saturated heterocycles. The molecule has 1 amide bonds. The fraction of sp³-hybridized carbons (Fsp3) is 0.682. The molecule has 1 unspecified atom stereocenters. The topological polar surface area (TPSA) is 50.8 Å². The summed E-state index contributed by atoms with van der Waals surface area (Å²) < 4.78 is 11.7. The Morgan fingerprint density at radius 2 is 2.15 bits per heavy atom. The molecule has 2 aliphatic rings. The Kier molecular flexibility index (Phi) is 6.64. The van der Waals surface area contributed by atoms with Crippen molar-refractivity contribution in [1.82, 2.24) is 5.32 Å². The van der Waals surface area contributed by atoms with E-state index in [0.29, 0.717) is 6.54 Å². The average Bonchev–Trinajstić information content (AvgIpc) is 2.64. The minimum atomic E-state index is -0.489. The molecule has 0 radical (unpaired) electrons. The average molecular weight is 375 g/mol. The van der Waals surface area contributed by atoms with Crippen LogP contribution in [0.3, 0.4) is 0 Å². The van der Waals surface area contributed by atoms with Crippen molar-refractivity contribution >= 4 is 11.8 Å². The zero-order valence-corrected chi connectivity index (χ0v) is 17.1. The highest BCUT2D eigenvalue weighted by atomic mass is 16.6. The van der Waals surface area contributed by atoms with Crippen LogP contribution in [0.4, 0.5) is 10.5 Å². The molecule has 2 heterocycles. The third kappa shape index (κ3) is 5.61. The number of nitrogens with zero attached hydrogens (tertiary/aromatic N) is 1. The summed E-state index contributed by atoms with van der Waals surface area (Å²) in [6.45, 7) is 9.44. The van der Waals surface area contributed by atoms with Crippen LogP contribution in [-0.2, 0) is 11.2 Å². The van der Waals surface area contributed by atoms with Gasteiger partial charge in [0.15, 0.2) is 0 Å². The van der Waals surface area contributed by atoms with Gasteiger partial charge in [-0.2, -0.15) is 0 Å². The zero-order chi connectivity index (χ0) is 19.3. The second-order valence-electron chi connectivity index (χ2n) is 8.69. The standard InChI is InChI=1S/C22H34N2O3/c1-22(2,3)27-21(25)24-14-6-10-18-19(24)11-4-12-20(18)26-15-7-9-17-8-5-13-23-16-17/h4,11-12,17,23H,5-10,13-16H2,1-3H3. The summed E-state index contributed by atoms with van der Waals surface area (Å²) in [6, 6.07) is 6.00. The quantitative estimate of drug-likeness (QED) is 0.769. The van der Waals surface area contributed by atoms with Crippen molar-refractivity contribution in [3.63, 3.8) is 0 Å². The SMILES string of the molecule is CC(C)(C)OC(=O)N1CCCc2c(OCCCC3CCCNC3)cccc21. The van der Waals surface area contributed by atoms with Gasteiger partial charge in [0.25, 0.3) is 0 Å². The van der Waals surface area contributed by atoms with Gasteiger partial charge in [0, 0.05) is 12.1 Å². The van der Waals surface area contributed by atoms with Gasteiger partial charge in [0.1, 0.15) is 11.4 Å². The number of benzene rings is 1. The number of carbonyl (C=O) groups is 1. The second kappa shape index (κ2) is 8.96. The van der Waals surface area contributed by atoms with Gasteiger partial charge >= 0.3 is 6.09 Å². The van der Waals surface area contributed by atoms with E-state index >= 15 is 0 Å². The van der Waals surface area contributed by atoms with E-state index in [2.05, 4.69) is 5.32 Å². The number of ether oxygens (including phenoxy) is 2. The molecule has 1 aromatic rings. The fourth-order valence-corrected chi connectivity index (χ4v) is 3.96. The normalized spacial score (nSPS) is 20.1. The van der Waals surface area contributed by atoms with Crippen LogP contribution in [0.5, 0.6) is 5.75 Å². The van der Waals surface area contributed by atoms with Gasteiger partial charge in [0.05, 0.1) is 12.3 Å². The molecular formula is C22H34N2O3. The van der Waals surface area contributed by atoms with Crippen LogP contribution in [0.15, 0.2) is 18.2 Å². The molecule has 27 heavy (non-hydrogen) atoms. The maximum atomic E-state index is 12.6. The van der Waals surface area contributed by atoms with Crippen molar-refractivity contribution in [2.45, 2.75) is 64.9 Å². The first-order chi connectivity index (χ1) is 12.9.